The van der Waals surface area contributed by atoms with Crippen molar-refractivity contribution in [3.05, 3.63) is 94.2 Å². The number of benzene rings is 3. The number of carbonyl (C=O) groups is 1. The zero-order chi connectivity index (χ0) is 27.7. The van der Waals surface area contributed by atoms with Gasteiger partial charge in [0.1, 0.15) is 11.6 Å². The van der Waals surface area contributed by atoms with Gasteiger partial charge in [-0.25, -0.2) is 4.98 Å². The number of nitrogens with one attached hydrogen (secondary N) is 1. The molecule has 4 aromatic rings. The molecule has 0 spiro atoms. The number of hydrogen-bond donors (Lipinski definition) is 1. The standard InChI is InChI=1S/C33H40BrN3O2/c1-33(2,3)26-17-19-28(20-18-26)39-23-10-9-22-37-30-15-7-6-14-29(30)36-31(37)16-5-4-8-21-35-32(38)25-12-11-13-27(34)24-25/h6-7,11-15,17-20,24H,4-5,8-10,16,21-23H2,1-3H3,(H,35,38). The largest absolute Gasteiger partial charge is 0.494 e. The van der Waals surface area contributed by atoms with E-state index in [9.17, 15) is 4.79 Å². The lowest BCUT2D eigenvalue weighted by atomic mass is 9.87. The Bertz CT molecular complexity index is 1360. The minimum absolute atomic E-state index is 0.0241. The van der Waals surface area contributed by atoms with Gasteiger partial charge >= 0.3 is 0 Å². The molecule has 0 bridgehead atoms. The maximum atomic E-state index is 12.3. The number of hydrogen-bond acceptors (Lipinski definition) is 3. The number of imidazole rings is 1. The number of amides is 1. The molecule has 0 saturated heterocycles. The molecule has 0 unspecified atom stereocenters. The Balaban J connectivity index is 1.21. The predicted octanol–water partition coefficient (Wildman–Crippen LogP) is 8.10. The first-order valence-corrected chi connectivity index (χ1v) is 14.8. The summed E-state index contributed by atoms with van der Waals surface area (Å²) >= 11 is 3.42. The van der Waals surface area contributed by atoms with E-state index < -0.39 is 0 Å². The summed E-state index contributed by atoms with van der Waals surface area (Å²) in [5.41, 5.74) is 4.41. The van der Waals surface area contributed by atoms with Crippen LogP contribution in [0, 0.1) is 0 Å². The van der Waals surface area contributed by atoms with Gasteiger partial charge in [0.05, 0.1) is 17.6 Å². The average molecular weight is 591 g/mol. The van der Waals surface area contributed by atoms with Gasteiger partial charge in [0.15, 0.2) is 0 Å². The van der Waals surface area contributed by atoms with Gasteiger partial charge in [-0.05, 0) is 79.1 Å². The van der Waals surface area contributed by atoms with Crippen molar-refractivity contribution < 1.29 is 9.53 Å². The van der Waals surface area contributed by atoms with Gasteiger partial charge in [-0.2, -0.15) is 0 Å². The van der Waals surface area contributed by atoms with E-state index in [1.165, 1.54) is 11.1 Å². The topological polar surface area (TPSA) is 56.1 Å². The lowest BCUT2D eigenvalue weighted by molar-refractivity contribution is 0.0953. The Morgan fingerprint density at radius 1 is 0.923 bits per heavy atom. The van der Waals surface area contributed by atoms with Crippen molar-refractivity contribution in [3.8, 4) is 5.75 Å². The maximum Gasteiger partial charge on any atom is 0.251 e. The number of carbonyl (C=O) groups excluding carboxylic acids is 1. The molecule has 1 heterocycles. The molecule has 0 aliphatic rings. The lowest BCUT2D eigenvalue weighted by Gasteiger charge is -2.19. The zero-order valence-electron chi connectivity index (χ0n) is 23.4. The van der Waals surface area contributed by atoms with Crippen molar-refractivity contribution in [2.75, 3.05) is 13.2 Å². The first kappa shape index (κ1) is 28.9. The number of nitrogens with zero attached hydrogens (tertiary/aromatic N) is 2. The molecule has 0 atom stereocenters. The van der Waals surface area contributed by atoms with Crippen molar-refractivity contribution in [3.63, 3.8) is 0 Å². The summed E-state index contributed by atoms with van der Waals surface area (Å²) in [5, 5.41) is 3.03. The van der Waals surface area contributed by atoms with Crippen LogP contribution in [0.2, 0.25) is 0 Å². The summed E-state index contributed by atoms with van der Waals surface area (Å²) in [4.78, 5) is 17.3. The minimum Gasteiger partial charge on any atom is -0.494 e. The van der Waals surface area contributed by atoms with Crippen LogP contribution in [0.25, 0.3) is 11.0 Å². The fourth-order valence-electron chi connectivity index (χ4n) is 4.70. The van der Waals surface area contributed by atoms with Crippen LogP contribution in [0.1, 0.15) is 74.6 Å². The van der Waals surface area contributed by atoms with Crippen LogP contribution in [-0.2, 0) is 18.4 Å². The molecule has 0 radical (unpaired) electrons. The van der Waals surface area contributed by atoms with Gasteiger partial charge in [0.2, 0.25) is 0 Å². The molecule has 39 heavy (non-hydrogen) atoms. The number of aromatic nitrogens is 2. The second kappa shape index (κ2) is 13.8. The van der Waals surface area contributed by atoms with Crippen molar-refractivity contribution >= 4 is 32.9 Å². The van der Waals surface area contributed by atoms with Crippen molar-refractivity contribution in [1.82, 2.24) is 14.9 Å². The number of halogens is 1. The Labute approximate surface area is 241 Å². The van der Waals surface area contributed by atoms with Crippen LogP contribution in [0.4, 0.5) is 0 Å². The van der Waals surface area contributed by atoms with Crippen LogP contribution >= 0.6 is 15.9 Å². The van der Waals surface area contributed by atoms with Gasteiger partial charge in [0, 0.05) is 29.5 Å². The molecule has 0 aliphatic carbocycles. The number of ether oxygens (including phenoxy) is 1. The molecule has 5 nitrogen and oxygen atoms in total. The Hall–Kier alpha value is -3.12. The summed E-state index contributed by atoms with van der Waals surface area (Å²) < 4.78 is 9.30. The van der Waals surface area contributed by atoms with Gasteiger partial charge in [-0.3, -0.25) is 4.79 Å². The number of unbranched alkanes of at least 4 members (excludes halogenated alkanes) is 3. The van der Waals surface area contributed by atoms with Gasteiger partial charge in [-0.15, -0.1) is 0 Å². The average Bonchev–Trinajstić information content (AvgIpc) is 3.27. The predicted molar refractivity (Wildman–Crippen MR) is 164 cm³/mol. The van der Waals surface area contributed by atoms with E-state index in [4.69, 9.17) is 9.72 Å². The van der Waals surface area contributed by atoms with E-state index >= 15 is 0 Å². The van der Waals surface area contributed by atoms with Crippen molar-refractivity contribution in [2.45, 2.75) is 71.3 Å². The summed E-state index contributed by atoms with van der Waals surface area (Å²) in [6.45, 7) is 9.00. The van der Waals surface area contributed by atoms with E-state index in [1.54, 1.807) is 0 Å². The van der Waals surface area contributed by atoms with E-state index in [0.717, 1.165) is 66.6 Å². The summed E-state index contributed by atoms with van der Waals surface area (Å²) in [6, 6.07) is 24.4. The second-order valence-electron chi connectivity index (χ2n) is 11.1. The Morgan fingerprint density at radius 3 is 2.49 bits per heavy atom. The third kappa shape index (κ3) is 8.43. The number of rotatable bonds is 13. The summed E-state index contributed by atoms with van der Waals surface area (Å²) in [5.74, 6) is 2.06. The van der Waals surface area contributed by atoms with E-state index in [2.05, 4.69) is 95.1 Å². The van der Waals surface area contributed by atoms with Gasteiger partial charge in [-0.1, -0.05) is 73.5 Å². The number of fused-ring (bicyclic) bond motifs is 1. The Morgan fingerprint density at radius 2 is 1.72 bits per heavy atom. The molecule has 1 aromatic heterocycles. The first-order chi connectivity index (χ1) is 18.8. The van der Waals surface area contributed by atoms with Gasteiger partial charge in [0.25, 0.3) is 5.91 Å². The quantitative estimate of drug-likeness (QED) is 0.160. The highest BCUT2D eigenvalue weighted by Gasteiger charge is 2.13. The SMILES string of the molecule is CC(C)(C)c1ccc(OCCCCn2c(CCCCCNC(=O)c3cccc(Br)c3)nc3ccccc32)cc1. The minimum atomic E-state index is -0.0241. The van der Waals surface area contributed by atoms with E-state index in [-0.39, 0.29) is 11.3 Å². The fourth-order valence-corrected chi connectivity index (χ4v) is 5.10. The molecule has 1 amide bonds. The van der Waals surface area contributed by atoms with Crippen LogP contribution in [0.3, 0.4) is 0 Å². The smallest absolute Gasteiger partial charge is 0.251 e. The molecule has 1 N–H and O–H groups in total. The number of aryl methyl sites for hydroxylation is 2. The molecular weight excluding hydrogens is 550 g/mol. The van der Waals surface area contributed by atoms with Crippen molar-refractivity contribution in [1.29, 1.82) is 0 Å². The van der Waals surface area contributed by atoms with Crippen LogP contribution < -0.4 is 10.1 Å². The summed E-state index contributed by atoms with van der Waals surface area (Å²) in [7, 11) is 0. The molecule has 206 valence electrons. The third-order valence-electron chi connectivity index (χ3n) is 6.95. The number of para-hydroxylation sites is 2. The normalized spacial score (nSPS) is 11.6. The molecule has 0 fully saturated rings. The molecule has 0 saturated carbocycles. The highest BCUT2D eigenvalue weighted by Crippen LogP contribution is 2.24. The van der Waals surface area contributed by atoms with Crippen LogP contribution in [0.15, 0.2) is 77.3 Å². The van der Waals surface area contributed by atoms with E-state index in [1.807, 2.05) is 24.3 Å². The van der Waals surface area contributed by atoms with Crippen LogP contribution in [0.5, 0.6) is 5.75 Å². The molecule has 0 aliphatic heterocycles. The summed E-state index contributed by atoms with van der Waals surface area (Å²) in [6.07, 6.45) is 6.01. The lowest BCUT2D eigenvalue weighted by Crippen LogP contribution is -2.24. The van der Waals surface area contributed by atoms with E-state index in [0.29, 0.717) is 18.7 Å². The van der Waals surface area contributed by atoms with Crippen LogP contribution in [-0.4, -0.2) is 28.6 Å². The second-order valence-corrected chi connectivity index (χ2v) is 12.0. The Kier molecular flexibility index (Phi) is 10.2. The van der Waals surface area contributed by atoms with Crippen molar-refractivity contribution in [2.24, 2.45) is 0 Å². The monoisotopic (exact) mass is 589 g/mol. The molecule has 6 heteroatoms. The highest BCUT2D eigenvalue weighted by atomic mass is 79.9. The zero-order valence-corrected chi connectivity index (χ0v) is 25.0. The fraction of sp³-hybridized carbons (Fsp3) is 0.394. The third-order valence-corrected chi connectivity index (χ3v) is 7.44. The molecular formula is C33H40BrN3O2. The van der Waals surface area contributed by atoms with Gasteiger partial charge < -0.3 is 14.6 Å². The molecule has 4 rings (SSSR count). The highest BCUT2D eigenvalue weighted by molar-refractivity contribution is 9.10. The first-order valence-electron chi connectivity index (χ1n) is 14.0. The molecule has 3 aromatic carbocycles. The maximum absolute atomic E-state index is 12.3.